The van der Waals surface area contributed by atoms with Crippen molar-refractivity contribution in [3.63, 3.8) is 0 Å². The fourth-order valence-corrected chi connectivity index (χ4v) is 8.12. The van der Waals surface area contributed by atoms with Crippen molar-refractivity contribution >= 4 is 27.8 Å². The molecular weight excluding hydrogens is 711 g/mol. The van der Waals surface area contributed by atoms with Crippen LogP contribution in [0, 0.1) is 0 Å². The summed E-state index contributed by atoms with van der Waals surface area (Å²) in [4.78, 5) is 2.39. The highest BCUT2D eigenvalue weighted by Crippen LogP contribution is 2.41. The average molecular weight is 752 g/mol. The van der Waals surface area contributed by atoms with Crippen molar-refractivity contribution in [3.05, 3.63) is 249 Å². The second-order valence-corrected chi connectivity index (χ2v) is 15.0. The summed E-state index contributed by atoms with van der Waals surface area (Å²) < 4.78 is 0. The number of rotatable bonds is 9. The van der Waals surface area contributed by atoms with Crippen LogP contribution in [0.1, 0.15) is 0 Å². The molecule has 59 heavy (non-hydrogen) atoms. The first kappa shape index (κ1) is 35.7. The van der Waals surface area contributed by atoms with Crippen molar-refractivity contribution in [2.45, 2.75) is 0 Å². The van der Waals surface area contributed by atoms with Gasteiger partial charge < -0.3 is 4.90 Å². The van der Waals surface area contributed by atoms with E-state index in [4.69, 9.17) is 0 Å². The molecule has 0 radical (unpaired) electrons. The van der Waals surface area contributed by atoms with E-state index in [-0.39, 0.29) is 0 Å². The largest absolute Gasteiger partial charge is 0.310 e. The van der Waals surface area contributed by atoms with Crippen LogP contribution in [0.15, 0.2) is 249 Å². The Balaban J connectivity index is 1.05. The van der Waals surface area contributed by atoms with Gasteiger partial charge in [0.05, 0.1) is 0 Å². The third kappa shape index (κ3) is 7.58. The first-order valence-corrected chi connectivity index (χ1v) is 20.2. The molecule has 0 atom stereocenters. The minimum atomic E-state index is 1.09. The SMILES string of the molecule is c1ccc(-c2ccc(-c3ccc(N(c4ccc(-c5cccc(-c6ccc7ccccc7c6)c5)cc4)c4cc(-c5ccccc5)cc(-c5ccccc5)c4)cc3)cc2)cc1. The van der Waals surface area contributed by atoms with Crippen LogP contribution in [0.4, 0.5) is 17.1 Å². The van der Waals surface area contributed by atoms with Crippen LogP contribution >= 0.6 is 0 Å². The zero-order valence-corrected chi connectivity index (χ0v) is 32.6. The molecule has 1 heteroatoms. The smallest absolute Gasteiger partial charge is 0.0473 e. The zero-order chi connectivity index (χ0) is 39.4. The van der Waals surface area contributed by atoms with E-state index in [9.17, 15) is 0 Å². The van der Waals surface area contributed by atoms with Crippen LogP contribution < -0.4 is 4.90 Å². The molecule has 0 aliphatic rings. The van der Waals surface area contributed by atoms with Crippen LogP contribution in [-0.2, 0) is 0 Å². The van der Waals surface area contributed by atoms with Gasteiger partial charge in [0, 0.05) is 17.1 Å². The van der Waals surface area contributed by atoms with E-state index in [2.05, 4.69) is 254 Å². The van der Waals surface area contributed by atoms with Gasteiger partial charge in [-0.15, -0.1) is 0 Å². The Morgan fingerprint density at radius 1 is 0.169 bits per heavy atom. The van der Waals surface area contributed by atoms with E-state index in [0.717, 1.165) is 17.1 Å². The van der Waals surface area contributed by atoms with Crippen molar-refractivity contribution in [1.29, 1.82) is 0 Å². The Kier molecular flexibility index (Phi) is 9.68. The monoisotopic (exact) mass is 751 g/mol. The van der Waals surface area contributed by atoms with Crippen LogP contribution in [0.25, 0.3) is 77.5 Å². The van der Waals surface area contributed by atoms with Gasteiger partial charge in [0.2, 0.25) is 0 Å². The van der Waals surface area contributed by atoms with Crippen molar-refractivity contribution in [3.8, 4) is 66.8 Å². The number of hydrogen-bond donors (Lipinski definition) is 0. The molecule has 0 aliphatic carbocycles. The highest BCUT2D eigenvalue weighted by atomic mass is 15.1. The Morgan fingerprint density at radius 3 is 1.00 bits per heavy atom. The molecule has 0 aromatic heterocycles. The molecule has 0 unspecified atom stereocenters. The maximum atomic E-state index is 2.39. The van der Waals surface area contributed by atoms with E-state index in [1.807, 2.05) is 0 Å². The molecule has 0 bridgehead atoms. The minimum Gasteiger partial charge on any atom is -0.310 e. The second kappa shape index (κ2) is 16.0. The third-order valence-electron chi connectivity index (χ3n) is 11.2. The standard InChI is InChI=1S/C58H41N/c1-4-13-42(14-5-1)46-23-25-47(26-24-46)48-29-33-56(34-30-48)59(58-40-54(43-15-6-2-7-16-43)39-55(41-58)44-17-8-3-9-18-44)57-35-31-49(32-36-57)51-21-12-22-52(37-51)53-28-27-45-19-10-11-20-50(45)38-53/h1-41H. The molecule has 278 valence electrons. The minimum absolute atomic E-state index is 1.09. The fraction of sp³-hybridized carbons (Fsp3) is 0. The Labute approximate surface area is 346 Å². The molecule has 0 spiro atoms. The first-order valence-electron chi connectivity index (χ1n) is 20.2. The van der Waals surface area contributed by atoms with Gasteiger partial charge in [-0.25, -0.2) is 0 Å². The molecular formula is C58H41N. The molecule has 0 N–H and O–H groups in total. The number of benzene rings is 10. The summed E-state index contributed by atoms with van der Waals surface area (Å²) in [6.45, 7) is 0. The molecule has 0 saturated heterocycles. The van der Waals surface area contributed by atoms with E-state index in [1.54, 1.807) is 0 Å². The number of fused-ring (bicyclic) bond motifs is 1. The summed E-state index contributed by atoms with van der Waals surface area (Å²) in [5.41, 5.74) is 17.6. The van der Waals surface area contributed by atoms with E-state index in [1.165, 1.54) is 77.5 Å². The predicted octanol–water partition coefficient (Wildman–Crippen LogP) is 16.3. The van der Waals surface area contributed by atoms with Crippen molar-refractivity contribution in [2.75, 3.05) is 4.90 Å². The van der Waals surface area contributed by atoms with Gasteiger partial charge >= 0.3 is 0 Å². The van der Waals surface area contributed by atoms with E-state index < -0.39 is 0 Å². The zero-order valence-electron chi connectivity index (χ0n) is 32.6. The van der Waals surface area contributed by atoms with Crippen molar-refractivity contribution < 1.29 is 0 Å². The molecule has 10 aromatic carbocycles. The van der Waals surface area contributed by atoms with Gasteiger partial charge in [0.15, 0.2) is 0 Å². The van der Waals surface area contributed by atoms with Gasteiger partial charge in [-0.1, -0.05) is 194 Å². The van der Waals surface area contributed by atoms with E-state index in [0.29, 0.717) is 0 Å². The second-order valence-electron chi connectivity index (χ2n) is 15.0. The van der Waals surface area contributed by atoms with Crippen molar-refractivity contribution in [1.82, 2.24) is 0 Å². The Hall–Kier alpha value is -7.74. The first-order chi connectivity index (χ1) is 29.2. The summed E-state index contributed by atoms with van der Waals surface area (Å²) in [6, 6.07) is 89.9. The van der Waals surface area contributed by atoms with E-state index >= 15 is 0 Å². The lowest BCUT2D eigenvalue weighted by Gasteiger charge is -2.27. The Bertz CT molecular complexity index is 2930. The molecule has 0 aliphatic heterocycles. The maximum absolute atomic E-state index is 2.39. The van der Waals surface area contributed by atoms with Gasteiger partial charge in [-0.2, -0.15) is 0 Å². The van der Waals surface area contributed by atoms with Gasteiger partial charge in [0.25, 0.3) is 0 Å². The summed E-state index contributed by atoms with van der Waals surface area (Å²) >= 11 is 0. The number of anilines is 3. The Morgan fingerprint density at radius 2 is 0.492 bits per heavy atom. The van der Waals surface area contributed by atoms with Gasteiger partial charge in [-0.3, -0.25) is 0 Å². The molecule has 0 heterocycles. The molecule has 1 nitrogen and oxygen atoms in total. The molecule has 10 rings (SSSR count). The normalized spacial score (nSPS) is 11.1. The summed E-state index contributed by atoms with van der Waals surface area (Å²) in [5, 5.41) is 2.51. The molecule has 0 fully saturated rings. The predicted molar refractivity (Wildman–Crippen MR) is 251 cm³/mol. The van der Waals surface area contributed by atoms with Crippen LogP contribution in [0.2, 0.25) is 0 Å². The quantitative estimate of drug-likeness (QED) is 0.142. The van der Waals surface area contributed by atoms with Crippen molar-refractivity contribution in [2.24, 2.45) is 0 Å². The lowest BCUT2D eigenvalue weighted by Crippen LogP contribution is -2.10. The van der Waals surface area contributed by atoms with Crippen LogP contribution in [0.5, 0.6) is 0 Å². The number of nitrogens with zero attached hydrogens (tertiary/aromatic N) is 1. The lowest BCUT2D eigenvalue weighted by atomic mass is 9.96. The molecule has 10 aromatic rings. The lowest BCUT2D eigenvalue weighted by molar-refractivity contribution is 1.28. The topological polar surface area (TPSA) is 3.24 Å². The summed E-state index contributed by atoms with van der Waals surface area (Å²) in [5.74, 6) is 0. The molecule has 0 amide bonds. The summed E-state index contributed by atoms with van der Waals surface area (Å²) in [6.07, 6.45) is 0. The van der Waals surface area contributed by atoms with Gasteiger partial charge in [-0.05, 0) is 132 Å². The maximum Gasteiger partial charge on any atom is 0.0473 e. The van der Waals surface area contributed by atoms with Crippen LogP contribution in [-0.4, -0.2) is 0 Å². The molecule has 0 saturated carbocycles. The summed E-state index contributed by atoms with van der Waals surface area (Å²) in [7, 11) is 0. The number of hydrogen-bond acceptors (Lipinski definition) is 1. The average Bonchev–Trinajstić information content (AvgIpc) is 3.33. The van der Waals surface area contributed by atoms with Gasteiger partial charge in [0.1, 0.15) is 0 Å². The fourth-order valence-electron chi connectivity index (χ4n) is 8.12. The highest BCUT2D eigenvalue weighted by Gasteiger charge is 2.17. The highest BCUT2D eigenvalue weighted by molar-refractivity contribution is 5.89. The van der Waals surface area contributed by atoms with Crippen LogP contribution in [0.3, 0.4) is 0 Å². The third-order valence-corrected chi connectivity index (χ3v) is 11.2.